The van der Waals surface area contributed by atoms with Crippen molar-refractivity contribution in [3.63, 3.8) is 0 Å². The van der Waals surface area contributed by atoms with E-state index < -0.39 is 11.4 Å². The van der Waals surface area contributed by atoms with E-state index in [0.29, 0.717) is 32.4 Å². The maximum atomic E-state index is 12.3. The third kappa shape index (κ3) is 4.42. The van der Waals surface area contributed by atoms with Crippen LogP contribution in [0.5, 0.6) is 0 Å². The van der Waals surface area contributed by atoms with Crippen LogP contribution in [-0.2, 0) is 16.1 Å². The highest BCUT2D eigenvalue weighted by atomic mass is 16.4. The van der Waals surface area contributed by atoms with Crippen LogP contribution in [0, 0.1) is 5.41 Å². The number of amides is 1. The summed E-state index contributed by atoms with van der Waals surface area (Å²) in [5.41, 5.74) is 0.236. The summed E-state index contributed by atoms with van der Waals surface area (Å²) in [6.45, 7) is 5.39. The molecular weight excluding hydrogens is 292 g/mol. The SMILES string of the molecule is C=CC[C@]1(C(=O)O)CCCN(C(=O)CNCc2ccccc2)C1. The standard InChI is InChI=1S/C18H24N2O3/c1-2-9-18(17(22)23)10-6-11-20(14-18)16(21)13-19-12-15-7-4-3-5-8-15/h2-5,7-8,19H,1,6,9-14H2,(H,22,23)/t18-/m0/s1. The van der Waals surface area contributed by atoms with Gasteiger partial charge in [-0.1, -0.05) is 36.4 Å². The Hall–Kier alpha value is -2.14. The molecule has 0 aliphatic carbocycles. The van der Waals surface area contributed by atoms with Crippen LogP contribution in [0.15, 0.2) is 43.0 Å². The summed E-state index contributed by atoms with van der Waals surface area (Å²) in [4.78, 5) is 25.6. The van der Waals surface area contributed by atoms with E-state index in [0.717, 1.165) is 5.56 Å². The molecular formula is C18H24N2O3. The molecule has 1 aromatic carbocycles. The summed E-state index contributed by atoms with van der Waals surface area (Å²) in [5, 5.41) is 12.7. The normalized spacial score (nSPS) is 21.0. The van der Waals surface area contributed by atoms with Gasteiger partial charge >= 0.3 is 5.97 Å². The zero-order valence-corrected chi connectivity index (χ0v) is 13.3. The van der Waals surface area contributed by atoms with Crippen molar-refractivity contribution in [1.29, 1.82) is 0 Å². The molecule has 23 heavy (non-hydrogen) atoms. The Bertz CT molecular complexity index is 559. The summed E-state index contributed by atoms with van der Waals surface area (Å²) in [7, 11) is 0. The lowest BCUT2D eigenvalue weighted by atomic mass is 9.77. The molecule has 5 nitrogen and oxygen atoms in total. The number of aliphatic carboxylic acids is 1. The smallest absolute Gasteiger partial charge is 0.311 e. The number of likely N-dealkylation sites (tertiary alicyclic amines) is 1. The zero-order valence-electron chi connectivity index (χ0n) is 13.3. The number of nitrogens with one attached hydrogen (secondary N) is 1. The second kappa shape index (κ2) is 7.92. The molecule has 0 unspecified atom stereocenters. The van der Waals surface area contributed by atoms with Gasteiger partial charge in [-0.05, 0) is 24.8 Å². The Morgan fingerprint density at radius 3 is 2.74 bits per heavy atom. The molecule has 2 N–H and O–H groups in total. The van der Waals surface area contributed by atoms with E-state index in [1.54, 1.807) is 11.0 Å². The highest BCUT2D eigenvalue weighted by molar-refractivity contribution is 5.81. The number of benzene rings is 1. The van der Waals surface area contributed by atoms with E-state index in [-0.39, 0.29) is 19.0 Å². The topological polar surface area (TPSA) is 69.6 Å². The minimum atomic E-state index is -0.880. The second-order valence-electron chi connectivity index (χ2n) is 6.09. The van der Waals surface area contributed by atoms with Crippen LogP contribution >= 0.6 is 0 Å². The first kappa shape index (κ1) is 17.2. The van der Waals surface area contributed by atoms with Crippen molar-refractivity contribution in [2.75, 3.05) is 19.6 Å². The Labute approximate surface area is 137 Å². The van der Waals surface area contributed by atoms with Gasteiger partial charge in [0.25, 0.3) is 0 Å². The van der Waals surface area contributed by atoms with Gasteiger partial charge in [0.05, 0.1) is 12.0 Å². The molecule has 1 fully saturated rings. The number of hydrogen-bond acceptors (Lipinski definition) is 3. The molecule has 1 saturated heterocycles. The first-order valence-corrected chi connectivity index (χ1v) is 7.94. The van der Waals surface area contributed by atoms with Gasteiger partial charge < -0.3 is 15.3 Å². The molecule has 1 aliphatic rings. The molecule has 5 heteroatoms. The van der Waals surface area contributed by atoms with Gasteiger partial charge in [0, 0.05) is 19.6 Å². The molecule has 1 amide bonds. The average Bonchev–Trinajstić information content (AvgIpc) is 2.56. The molecule has 1 heterocycles. The first-order valence-electron chi connectivity index (χ1n) is 7.94. The largest absolute Gasteiger partial charge is 0.481 e. The highest BCUT2D eigenvalue weighted by Gasteiger charge is 2.42. The predicted octanol–water partition coefficient (Wildman–Crippen LogP) is 2.05. The van der Waals surface area contributed by atoms with Crippen molar-refractivity contribution >= 4 is 11.9 Å². The van der Waals surface area contributed by atoms with Crippen LogP contribution in [0.25, 0.3) is 0 Å². The van der Waals surface area contributed by atoms with E-state index in [4.69, 9.17) is 0 Å². The molecule has 0 radical (unpaired) electrons. The fourth-order valence-electron chi connectivity index (χ4n) is 3.07. The maximum Gasteiger partial charge on any atom is 0.311 e. The first-order chi connectivity index (χ1) is 11.1. The van der Waals surface area contributed by atoms with Crippen molar-refractivity contribution in [2.45, 2.75) is 25.8 Å². The number of allylic oxidation sites excluding steroid dienone is 1. The fourth-order valence-corrected chi connectivity index (χ4v) is 3.07. The number of hydrogen-bond donors (Lipinski definition) is 2. The van der Waals surface area contributed by atoms with E-state index >= 15 is 0 Å². The predicted molar refractivity (Wildman–Crippen MR) is 88.8 cm³/mol. The lowest BCUT2D eigenvalue weighted by molar-refractivity contribution is -0.154. The van der Waals surface area contributed by atoms with Gasteiger partial charge in [-0.25, -0.2) is 0 Å². The van der Waals surface area contributed by atoms with Gasteiger partial charge in [-0.15, -0.1) is 6.58 Å². The van der Waals surface area contributed by atoms with Crippen LogP contribution in [-0.4, -0.2) is 41.5 Å². The number of piperidine rings is 1. The Balaban J connectivity index is 1.88. The van der Waals surface area contributed by atoms with Gasteiger partial charge in [0.2, 0.25) is 5.91 Å². The van der Waals surface area contributed by atoms with Crippen LogP contribution < -0.4 is 5.32 Å². The van der Waals surface area contributed by atoms with Crippen LogP contribution in [0.1, 0.15) is 24.8 Å². The summed E-state index contributed by atoms with van der Waals surface area (Å²) in [6.07, 6.45) is 3.33. The summed E-state index contributed by atoms with van der Waals surface area (Å²) >= 11 is 0. The van der Waals surface area contributed by atoms with E-state index in [1.165, 1.54) is 0 Å². The summed E-state index contributed by atoms with van der Waals surface area (Å²) < 4.78 is 0. The second-order valence-corrected chi connectivity index (χ2v) is 6.09. The number of carbonyl (C=O) groups excluding carboxylic acids is 1. The van der Waals surface area contributed by atoms with Gasteiger partial charge in [-0.2, -0.15) is 0 Å². The molecule has 0 saturated carbocycles. The highest BCUT2D eigenvalue weighted by Crippen LogP contribution is 2.34. The molecule has 0 spiro atoms. The molecule has 0 bridgehead atoms. The molecule has 124 valence electrons. The lowest BCUT2D eigenvalue weighted by Crippen LogP contribution is -2.51. The van der Waals surface area contributed by atoms with E-state index in [9.17, 15) is 14.7 Å². The van der Waals surface area contributed by atoms with Crippen molar-refractivity contribution in [2.24, 2.45) is 5.41 Å². The van der Waals surface area contributed by atoms with Crippen LogP contribution in [0.2, 0.25) is 0 Å². The van der Waals surface area contributed by atoms with Gasteiger partial charge in [-0.3, -0.25) is 9.59 Å². The van der Waals surface area contributed by atoms with E-state index in [2.05, 4.69) is 11.9 Å². The maximum absolute atomic E-state index is 12.3. The molecule has 1 aliphatic heterocycles. The summed E-state index contributed by atoms with van der Waals surface area (Å²) in [5.74, 6) is -0.887. The molecule has 1 aromatic rings. The lowest BCUT2D eigenvalue weighted by Gasteiger charge is -2.39. The van der Waals surface area contributed by atoms with Crippen molar-refractivity contribution in [3.05, 3.63) is 48.6 Å². The van der Waals surface area contributed by atoms with Crippen molar-refractivity contribution in [1.82, 2.24) is 10.2 Å². The van der Waals surface area contributed by atoms with Gasteiger partial charge in [0.15, 0.2) is 0 Å². The molecule has 1 atom stereocenters. The van der Waals surface area contributed by atoms with E-state index in [1.807, 2.05) is 30.3 Å². The molecule has 2 rings (SSSR count). The quantitative estimate of drug-likeness (QED) is 0.755. The third-order valence-electron chi connectivity index (χ3n) is 4.37. The number of carbonyl (C=O) groups is 2. The van der Waals surface area contributed by atoms with Crippen molar-refractivity contribution in [3.8, 4) is 0 Å². The monoisotopic (exact) mass is 316 g/mol. The Morgan fingerprint density at radius 2 is 2.09 bits per heavy atom. The van der Waals surface area contributed by atoms with Gasteiger partial charge in [0.1, 0.15) is 0 Å². The summed E-state index contributed by atoms with van der Waals surface area (Å²) in [6, 6.07) is 9.86. The Kier molecular flexibility index (Phi) is 5.93. The zero-order chi connectivity index (χ0) is 16.7. The number of rotatable bonds is 7. The fraction of sp³-hybridized carbons (Fsp3) is 0.444. The minimum absolute atomic E-state index is 0.0460. The number of carboxylic acid groups (broad SMARTS) is 1. The van der Waals surface area contributed by atoms with Crippen LogP contribution in [0.3, 0.4) is 0 Å². The number of nitrogens with zero attached hydrogens (tertiary/aromatic N) is 1. The molecule has 0 aromatic heterocycles. The average molecular weight is 316 g/mol. The third-order valence-corrected chi connectivity index (χ3v) is 4.37. The number of carboxylic acids is 1. The minimum Gasteiger partial charge on any atom is -0.481 e. The van der Waals surface area contributed by atoms with Crippen LogP contribution in [0.4, 0.5) is 0 Å². The Morgan fingerprint density at radius 1 is 1.35 bits per heavy atom. The van der Waals surface area contributed by atoms with Crippen molar-refractivity contribution < 1.29 is 14.7 Å².